The Bertz CT molecular complexity index is 814. The van der Waals surface area contributed by atoms with Crippen molar-refractivity contribution < 1.29 is 4.79 Å². The third-order valence-electron chi connectivity index (χ3n) is 3.67. The number of amides is 1. The molecule has 0 atom stereocenters. The van der Waals surface area contributed by atoms with Crippen molar-refractivity contribution in [2.75, 3.05) is 11.9 Å². The summed E-state index contributed by atoms with van der Waals surface area (Å²) in [5.74, 6) is -0.139. The first-order valence-corrected chi connectivity index (χ1v) is 8.70. The highest BCUT2D eigenvalue weighted by molar-refractivity contribution is 7.14. The van der Waals surface area contributed by atoms with Crippen molar-refractivity contribution >= 4 is 28.1 Å². The van der Waals surface area contributed by atoms with Crippen LogP contribution in [0, 0.1) is 6.92 Å². The average Bonchev–Trinajstić information content (AvgIpc) is 3.07. The first-order chi connectivity index (χ1) is 11.7. The lowest BCUT2D eigenvalue weighted by Crippen LogP contribution is -2.25. The van der Waals surface area contributed by atoms with Gasteiger partial charge in [-0.25, -0.2) is 4.98 Å². The molecule has 1 heterocycles. The highest BCUT2D eigenvalue weighted by Gasteiger charge is 2.10. The molecule has 0 aliphatic heterocycles. The maximum Gasteiger partial charge on any atom is 0.270 e. The lowest BCUT2D eigenvalue weighted by molar-refractivity contribution is 0.0950. The van der Waals surface area contributed by atoms with Gasteiger partial charge in [-0.05, 0) is 30.5 Å². The van der Waals surface area contributed by atoms with Gasteiger partial charge in [0.25, 0.3) is 5.91 Å². The van der Waals surface area contributed by atoms with Gasteiger partial charge in [0.05, 0.1) is 0 Å². The van der Waals surface area contributed by atoms with Crippen LogP contribution in [0.5, 0.6) is 0 Å². The molecule has 3 aromatic rings. The van der Waals surface area contributed by atoms with Gasteiger partial charge in [-0.1, -0.05) is 48.5 Å². The molecule has 0 radical (unpaired) electrons. The molecule has 0 saturated carbocycles. The van der Waals surface area contributed by atoms with Crippen LogP contribution in [0.25, 0.3) is 0 Å². The van der Waals surface area contributed by atoms with Gasteiger partial charge in [-0.3, -0.25) is 4.79 Å². The molecule has 1 aromatic heterocycles. The fourth-order valence-corrected chi connectivity index (χ4v) is 3.02. The number of benzene rings is 2. The highest BCUT2D eigenvalue weighted by atomic mass is 32.1. The van der Waals surface area contributed by atoms with Gasteiger partial charge in [0.15, 0.2) is 5.13 Å². The molecule has 122 valence electrons. The molecule has 0 fully saturated rings. The standard InChI is InChI=1S/C19H19N3OS/c1-14-7-5-6-10-16(14)21-19-22-17(13-24-19)18(23)20-12-11-15-8-3-2-4-9-15/h2-10,13H,11-12H2,1H3,(H,20,23)(H,21,22). The summed E-state index contributed by atoms with van der Waals surface area (Å²) in [5, 5.41) is 8.67. The SMILES string of the molecule is Cc1ccccc1Nc1nc(C(=O)NCCc2ccccc2)cs1. The first-order valence-electron chi connectivity index (χ1n) is 7.82. The summed E-state index contributed by atoms with van der Waals surface area (Å²) in [4.78, 5) is 16.5. The van der Waals surface area contributed by atoms with Crippen LogP contribution in [0.15, 0.2) is 60.0 Å². The van der Waals surface area contributed by atoms with E-state index in [-0.39, 0.29) is 5.91 Å². The quantitative estimate of drug-likeness (QED) is 0.710. The van der Waals surface area contributed by atoms with Crippen molar-refractivity contribution in [1.29, 1.82) is 0 Å². The molecule has 2 aromatic carbocycles. The van der Waals surface area contributed by atoms with E-state index >= 15 is 0 Å². The Labute approximate surface area is 145 Å². The number of thiazole rings is 1. The summed E-state index contributed by atoms with van der Waals surface area (Å²) in [6.07, 6.45) is 0.811. The summed E-state index contributed by atoms with van der Waals surface area (Å²) in [7, 11) is 0. The maximum absolute atomic E-state index is 12.2. The predicted octanol–water partition coefficient (Wildman–Crippen LogP) is 4.17. The van der Waals surface area contributed by atoms with Crippen molar-refractivity contribution in [3.8, 4) is 0 Å². The molecule has 4 nitrogen and oxygen atoms in total. The number of para-hydroxylation sites is 1. The molecule has 0 aliphatic carbocycles. The van der Waals surface area contributed by atoms with Crippen LogP contribution < -0.4 is 10.6 Å². The highest BCUT2D eigenvalue weighted by Crippen LogP contribution is 2.23. The Kier molecular flexibility index (Phi) is 5.23. The Balaban J connectivity index is 1.55. The van der Waals surface area contributed by atoms with E-state index in [2.05, 4.69) is 27.8 Å². The molecule has 3 rings (SSSR count). The fraction of sp³-hybridized carbons (Fsp3) is 0.158. The third kappa shape index (κ3) is 4.20. The van der Waals surface area contributed by atoms with Crippen molar-refractivity contribution in [2.45, 2.75) is 13.3 Å². The second-order valence-corrected chi connectivity index (χ2v) is 6.33. The normalized spacial score (nSPS) is 10.4. The summed E-state index contributed by atoms with van der Waals surface area (Å²) in [6.45, 7) is 2.63. The fourth-order valence-electron chi connectivity index (χ4n) is 2.32. The van der Waals surface area contributed by atoms with E-state index in [0.29, 0.717) is 12.2 Å². The van der Waals surface area contributed by atoms with E-state index in [1.807, 2.05) is 49.4 Å². The van der Waals surface area contributed by atoms with E-state index in [9.17, 15) is 4.79 Å². The molecule has 5 heteroatoms. The Morgan fingerprint density at radius 3 is 2.62 bits per heavy atom. The molecule has 1 amide bonds. The number of aryl methyl sites for hydroxylation is 1. The van der Waals surface area contributed by atoms with Gasteiger partial charge in [0.1, 0.15) is 5.69 Å². The second-order valence-electron chi connectivity index (χ2n) is 5.47. The monoisotopic (exact) mass is 337 g/mol. The summed E-state index contributed by atoms with van der Waals surface area (Å²) < 4.78 is 0. The van der Waals surface area contributed by atoms with Crippen molar-refractivity contribution in [2.24, 2.45) is 0 Å². The number of hydrogen-bond acceptors (Lipinski definition) is 4. The number of anilines is 2. The molecule has 2 N–H and O–H groups in total. The Morgan fingerprint density at radius 1 is 1.08 bits per heavy atom. The molecule has 24 heavy (non-hydrogen) atoms. The van der Waals surface area contributed by atoms with Crippen LogP contribution >= 0.6 is 11.3 Å². The number of nitrogens with one attached hydrogen (secondary N) is 2. The van der Waals surface area contributed by atoms with Crippen LogP contribution in [0.4, 0.5) is 10.8 Å². The molecule has 0 bridgehead atoms. The number of hydrogen-bond donors (Lipinski definition) is 2. The summed E-state index contributed by atoms with van der Waals surface area (Å²) in [5.41, 5.74) is 3.80. The van der Waals surface area contributed by atoms with Crippen molar-refractivity contribution in [3.05, 3.63) is 76.8 Å². The van der Waals surface area contributed by atoms with Crippen LogP contribution in [-0.4, -0.2) is 17.4 Å². The number of aromatic nitrogens is 1. The maximum atomic E-state index is 12.2. The zero-order valence-electron chi connectivity index (χ0n) is 13.5. The molecular formula is C19H19N3OS. The van der Waals surface area contributed by atoms with Crippen LogP contribution in [-0.2, 0) is 6.42 Å². The Morgan fingerprint density at radius 2 is 1.83 bits per heavy atom. The number of carbonyl (C=O) groups excluding carboxylic acids is 1. The smallest absolute Gasteiger partial charge is 0.270 e. The third-order valence-corrected chi connectivity index (χ3v) is 4.42. The largest absolute Gasteiger partial charge is 0.350 e. The van der Waals surface area contributed by atoms with Crippen LogP contribution in [0.1, 0.15) is 21.6 Å². The van der Waals surface area contributed by atoms with Gasteiger partial charge in [-0.2, -0.15) is 0 Å². The zero-order chi connectivity index (χ0) is 16.8. The minimum Gasteiger partial charge on any atom is -0.350 e. The number of rotatable bonds is 6. The summed E-state index contributed by atoms with van der Waals surface area (Å²) >= 11 is 1.43. The number of carbonyl (C=O) groups is 1. The summed E-state index contributed by atoms with van der Waals surface area (Å²) in [6, 6.07) is 18.1. The first kappa shape index (κ1) is 16.2. The van der Waals surface area contributed by atoms with Gasteiger partial charge < -0.3 is 10.6 Å². The van der Waals surface area contributed by atoms with Crippen LogP contribution in [0.2, 0.25) is 0 Å². The lowest BCUT2D eigenvalue weighted by Gasteiger charge is -2.05. The van der Waals surface area contributed by atoms with Gasteiger partial charge in [0, 0.05) is 17.6 Å². The van der Waals surface area contributed by atoms with Gasteiger partial charge in [-0.15, -0.1) is 11.3 Å². The minimum atomic E-state index is -0.139. The van der Waals surface area contributed by atoms with Crippen molar-refractivity contribution in [3.63, 3.8) is 0 Å². The molecule has 0 saturated heterocycles. The molecule has 0 aliphatic rings. The molecule has 0 unspecified atom stereocenters. The Hall–Kier alpha value is -2.66. The second kappa shape index (κ2) is 7.75. The molecule has 0 spiro atoms. The minimum absolute atomic E-state index is 0.139. The van der Waals surface area contributed by atoms with E-state index < -0.39 is 0 Å². The number of nitrogens with zero attached hydrogens (tertiary/aromatic N) is 1. The van der Waals surface area contributed by atoms with Gasteiger partial charge >= 0.3 is 0 Å². The van der Waals surface area contributed by atoms with Gasteiger partial charge in [0.2, 0.25) is 0 Å². The topological polar surface area (TPSA) is 54.0 Å². The molecular weight excluding hydrogens is 318 g/mol. The van der Waals surface area contributed by atoms with E-state index in [1.54, 1.807) is 5.38 Å². The average molecular weight is 337 g/mol. The lowest BCUT2D eigenvalue weighted by atomic mass is 10.1. The van der Waals surface area contributed by atoms with E-state index in [0.717, 1.165) is 22.8 Å². The van der Waals surface area contributed by atoms with E-state index in [1.165, 1.54) is 16.9 Å². The van der Waals surface area contributed by atoms with Crippen molar-refractivity contribution in [1.82, 2.24) is 10.3 Å². The zero-order valence-corrected chi connectivity index (χ0v) is 14.3. The van der Waals surface area contributed by atoms with Crippen LogP contribution in [0.3, 0.4) is 0 Å². The predicted molar refractivity (Wildman–Crippen MR) is 99.1 cm³/mol. The van der Waals surface area contributed by atoms with E-state index in [4.69, 9.17) is 0 Å².